The van der Waals surface area contributed by atoms with Crippen LogP contribution in [0.25, 0.3) is 10.9 Å². The van der Waals surface area contributed by atoms with Gasteiger partial charge in [-0.1, -0.05) is 6.07 Å². The number of aromatic amines is 1. The van der Waals surface area contributed by atoms with Crippen LogP contribution in [0.1, 0.15) is 37.8 Å². The Bertz CT molecular complexity index is 1540. The van der Waals surface area contributed by atoms with Crippen LogP contribution >= 0.6 is 0 Å². The zero-order valence-electron chi connectivity index (χ0n) is 18.9. The Kier molecular flexibility index (Phi) is 5.75. The van der Waals surface area contributed by atoms with Gasteiger partial charge in [0.05, 0.1) is 44.3 Å². The molecular formula is C23H21N5O5S. The average Bonchev–Trinajstić information content (AvgIpc) is 3.20. The summed E-state index contributed by atoms with van der Waals surface area (Å²) in [4.78, 5) is 34.1. The van der Waals surface area contributed by atoms with Crippen molar-refractivity contribution >= 4 is 38.5 Å². The lowest BCUT2D eigenvalue weighted by Gasteiger charge is -2.14. The van der Waals surface area contributed by atoms with E-state index in [1.165, 1.54) is 6.07 Å². The number of aromatic nitrogens is 4. The quantitative estimate of drug-likeness (QED) is 0.317. The molecule has 2 amide bonds. The lowest BCUT2D eigenvalue weighted by atomic mass is 10.0. The summed E-state index contributed by atoms with van der Waals surface area (Å²) in [5.41, 5.74) is 2.33. The van der Waals surface area contributed by atoms with E-state index >= 15 is 0 Å². The highest BCUT2D eigenvalue weighted by Gasteiger charge is 2.42. The molecular weight excluding hydrogens is 458 g/mol. The lowest BCUT2D eigenvalue weighted by Crippen LogP contribution is -2.30. The van der Waals surface area contributed by atoms with Gasteiger partial charge in [0.2, 0.25) is 0 Å². The van der Waals surface area contributed by atoms with E-state index in [-0.39, 0.29) is 16.5 Å². The van der Waals surface area contributed by atoms with Gasteiger partial charge in [-0.25, -0.2) is 18.3 Å². The molecule has 0 spiro atoms. The number of pyridine rings is 2. The van der Waals surface area contributed by atoms with Gasteiger partial charge in [0.1, 0.15) is 10.1 Å². The molecule has 0 atom stereocenters. The largest absolute Gasteiger partial charge is 0.744 e. The normalized spacial score (nSPS) is 13.1. The number of carbonyl (C=O) groups is 2. The standard InChI is InChI=1S/C18H16N4O5S.C5H5N/c1-8-14-15(12-7-11(28(25,26)27)5-6-13(12)19-8)18(24)22(17(14)23)16-9(2)20-21(4)10(16)3;1-2-4-6-5-3-1/h5-7H,1-4H3,(H,25,26,27);1-5H. The van der Waals surface area contributed by atoms with Crippen LogP contribution in [-0.4, -0.2) is 39.5 Å². The number of rotatable bonds is 2. The van der Waals surface area contributed by atoms with Crippen molar-refractivity contribution in [3.05, 3.63) is 77.0 Å². The number of nitrogens with one attached hydrogen (secondary N) is 1. The highest BCUT2D eigenvalue weighted by atomic mass is 32.2. The second-order valence-corrected chi connectivity index (χ2v) is 9.13. The number of fused-ring (bicyclic) bond motifs is 3. The van der Waals surface area contributed by atoms with E-state index in [2.05, 4.69) is 15.1 Å². The number of H-pyrrole nitrogens is 1. The van der Waals surface area contributed by atoms with Crippen molar-refractivity contribution in [2.24, 2.45) is 7.05 Å². The van der Waals surface area contributed by atoms with Crippen molar-refractivity contribution in [1.82, 2.24) is 14.8 Å². The van der Waals surface area contributed by atoms with E-state index < -0.39 is 26.8 Å². The van der Waals surface area contributed by atoms with E-state index in [0.717, 1.165) is 17.0 Å². The number of imide groups is 1. The van der Waals surface area contributed by atoms with Gasteiger partial charge in [-0.2, -0.15) is 5.10 Å². The molecule has 34 heavy (non-hydrogen) atoms. The van der Waals surface area contributed by atoms with Crippen molar-refractivity contribution in [3.8, 4) is 0 Å². The summed E-state index contributed by atoms with van der Waals surface area (Å²) in [5, 5.41) is 4.40. The van der Waals surface area contributed by atoms with Crippen LogP contribution in [0.5, 0.6) is 0 Å². The molecule has 0 radical (unpaired) electrons. The average molecular weight is 480 g/mol. The molecule has 1 aliphatic rings. The first-order valence-corrected chi connectivity index (χ1v) is 11.6. The molecule has 1 aromatic carbocycles. The number of amides is 2. The van der Waals surface area contributed by atoms with Crippen LogP contribution in [-0.2, 0) is 17.2 Å². The Morgan fingerprint density at radius 2 is 1.59 bits per heavy atom. The molecule has 0 fully saturated rings. The second-order valence-electron chi connectivity index (χ2n) is 7.75. The summed E-state index contributed by atoms with van der Waals surface area (Å²) < 4.78 is 35.8. The van der Waals surface area contributed by atoms with Gasteiger partial charge in [-0.05, 0) is 39.0 Å². The molecule has 0 aliphatic carbocycles. The fourth-order valence-electron chi connectivity index (χ4n) is 3.95. The number of hydrogen-bond donors (Lipinski definition) is 0. The minimum absolute atomic E-state index is 0.0423. The highest BCUT2D eigenvalue weighted by molar-refractivity contribution is 7.85. The number of carbonyl (C=O) groups excluding carboxylic acids is 2. The van der Waals surface area contributed by atoms with E-state index in [1.54, 1.807) is 32.5 Å². The maximum absolute atomic E-state index is 13.3. The fourth-order valence-corrected chi connectivity index (χ4v) is 4.45. The molecule has 1 N–H and O–H groups in total. The maximum Gasteiger partial charge on any atom is 0.268 e. The third kappa shape index (κ3) is 3.84. The smallest absolute Gasteiger partial charge is 0.268 e. The van der Waals surface area contributed by atoms with Crippen LogP contribution < -0.4 is 9.88 Å². The first-order valence-electron chi connectivity index (χ1n) is 10.2. The lowest BCUT2D eigenvalue weighted by molar-refractivity contribution is -0.377. The molecule has 4 aromatic rings. The molecule has 0 unspecified atom stereocenters. The van der Waals surface area contributed by atoms with Crippen molar-refractivity contribution in [2.45, 2.75) is 25.7 Å². The third-order valence-electron chi connectivity index (χ3n) is 5.56. The summed E-state index contributed by atoms with van der Waals surface area (Å²) in [7, 11) is -3.02. The van der Waals surface area contributed by atoms with Crippen molar-refractivity contribution in [3.63, 3.8) is 0 Å². The van der Waals surface area contributed by atoms with Gasteiger partial charge in [-0.15, -0.1) is 0 Å². The molecule has 4 heterocycles. The first-order chi connectivity index (χ1) is 16.0. The number of anilines is 1. The van der Waals surface area contributed by atoms with E-state index in [4.69, 9.17) is 0 Å². The number of benzene rings is 1. The van der Waals surface area contributed by atoms with Crippen molar-refractivity contribution in [1.29, 1.82) is 0 Å². The van der Waals surface area contributed by atoms with E-state index in [0.29, 0.717) is 28.3 Å². The Morgan fingerprint density at radius 3 is 2.09 bits per heavy atom. The topological polar surface area (TPSA) is 139 Å². The minimum atomic E-state index is -4.73. The molecule has 0 saturated carbocycles. The Balaban J connectivity index is 0.000000398. The highest BCUT2D eigenvalue weighted by Crippen LogP contribution is 2.37. The Morgan fingerprint density at radius 1 is 0.941 bits per heavy atom. The van der Waals surface area contributed by atoms with Crippen molar-refractivity contribution in [2.75, 3.05) is 4.90 Å². The first kappa shape index (κ1) is 23.2. The van der Waals surface area contributed by atoms with E-state index in [1.807, 2.05) is 30.6 Å². The molecule has 174 valence electrons. The van der Waals surface area contributed by atoms with Crippen LogP contribution in [0, 0.1) is 20.8 Å². The summed E-state index contributed by atoms with van der Waals surface area (Å²) in [6, 6.07) is 9.45. The molecule has 0 bridgehead atoms. The molecule has 10 nitrogen and oxygen atoms in total. The summed E-state index contributed by atoms with van der Waals surface area (Å²) in [6.45, 7) is 5.04. The molecule has 11 heteroatoms. The summed E-state index contributed by atoms with van der Waals surface area (Å²) in [5.74, 6) is -1.16. The Labute approximate surface area is 195 Å². The summed E-state index contributed by atoms with van der Waals surface area (Å²) in [6.07, 6.45) is 3.75. The monoisotopic (exact) mass is 479 g/mol. The van der Waals surface area contributed by atoms with Gasteiger partial charge in [0, 0.05) is 24.6 Å². The van der Waals surface area contributed by atoms with Gasteiger partial charge in [0.25, 0.3) is 11.8 Å². The zero-order chi connectivity index (χ0) is 24.8. The SMILES string of the molecule is Cc1nc2ccc(S(=O)(=O)[O-])cc2c2c1C(=O)N(c1c(C)nn(C)c1C)C2=O.c1cc[nH+]cc1. The minimum Gasteiger partial charge on any atom is -0.744 e. The molecule has 5 rings (SSSR count). The second kappa shape index (κ2) is 8.43. The molecule has 1 aliphatic heterocycles. The maximum atomic E-state index is 13.3. The van der Waals surface area contributed by atoms with E-state index in [9.17, 15) is 22.6 Å². The van der Waals surface area contributed by atoms with Crippen LogP contribution in [0.3, 0.4) is 0 Å². The van der Waals surface area contributed by atoms with Crippen molar-refractivity contribution < 1.29 is 27.5 Å². The van der Waals surface area contributed by atoms with Gasteiger partial charge < -0.3 is 4.55 Å². The number of hydrogen-bond acceptors (Lipinski definition) is 7. The summed E-state index contributed by atoms with van der Waals surface area (Å²) >= 11 is 0. The number of nitrogens with zero attached hydrogens (tertiary/aromatic N) is 4. The van der Waals surface area contributed by atoms with Gasteiger partial charge >= 0.3 is 0 Å². The zero-order valence-corrected chi connectivity index (χ0v) is 19.7. The predicted octanol–water partition coefficient (Wildman–Crippen LogP) is 2.10. The molecule has 3 aromatic heterocycles. The van der Waals surface area contributed by atoms with Crippen LogP contribution in [0.15, 0.2) is 53.7 Å². The molecule has 0 saturated heterocycles. The predicted molar refractivity (Wildman–Crippen MR) is 121 cm³/mol. The van der Waals surface area contributed by atoms with Crippen LogP contribution in [0.2, 0.25) is 0 Å². The number of aryl methyl sites for hydroxylation is 3. The third-order valence-corrected chi connectivity index (χ3v) is 6.39. The Hall–Kier alpha value is -3.96. The van der Waals surface area contributed by atoms with Gasteiger partial charge in [0.15, 0.2) is 12.4 Å². The van der Waals surface area contributed by atoms with Gasteiger partial charge in [-0.3, -0.25) is 19.3 Å². The fraction of sp³-hybridized carbons (Fsp3) is 0.174. The van der Waals surface area contributed by atoms with Crippen LogP contribution in [0.4, 0.5) is 5.69 Å².